The number of aliphatic hydroxyl groups excluding tert-OH is 8. The minimum Gasteiger partial charge on any atom is -0.504 e. The summed E-state index contributed by atoms with van der Waals surface area (Å²) < 4.78 is 37.6. The van der Waals surface area contributed by atoms with Crippen LogP contribution in [-0.2, 0) is 33.2 Å². The standard InChI is InChI=1S/C30H40O18/c1-3-12-13(15(26(40)42-2)11-44-28(12)48-30-25(39)23(37)21(35)18(10-32)47-30)7-8-43-27(41)14-5-4-6-16(19(14)33)45-29-24(38)22(36)20(34)17(9-31)46-29/h3-6,11-13,17-18,20-25,28-39H,1,7-10H2,2H3. The second-order valence-corrected chi connectivity index (χ2v) is 11.2. The molecule has 4 rings (SSSR count). The zero-order valence-electron chi connectivity index (χ0n) is 25.6. The molecule has 1 aromatic rings. The van der Waals surface area contributed by atoms with E-state index in [0.29, 0.717) is 0 Å². The normalized spacial score (nSPS) is 36.7. The van der Waals surface area contributed by atoms with Gasteiger partial charge in [0.05, 0.1) is 38.8 Å². The minimum absolute atomic E-state index is 0.0184. The van der Waals surface area contributed by atoms with E-state index in [-0.39, 0.29) is 29.9 Å². The summed E-state index contributed by atoms with van der Waals surface area (Å²) >= 11 is 0. The SMILES string of the molecule is C=CC1C(OC2OC(CO)C(O)C(O)C2O)OC=C(C(=O)OC)C1CCOC(=O)c1cccc(OC2OC(CO)C(O)C(O)C2O)c1O. The molecule has 3 aliphatic rings. The summed E-state index contributed by atoms with van der Waals surface area (Å²) in [5.41, 5.74) is -0.346. The summed E-state index contributed by atoms with van der Waals surface area (Å²) in [6.45, 7) is 2.01. The van der Waals surface area contributed by atoms with Gasteiger partial charge in [-0.3, -0.25) is 0 Å². The van der Waals surface area contributed by atoms with Crippen molar-refractivity contribution in [3.8, 4) is 11.5 Å². The van der Waals surface area contributed by atoms with Gasteiger partial charge in [-0.2, -0.15) is 0 Å². The summed E-state index contributed by atoms with van der Waals surface area (Å²) in [5, 5.41) is 90.5. The largest absolute Gasteiger partial charge is 0.504 e. The Labute approximate surface area is 273 Å². The molecule has 0 radical (unpaired) electrons. The molecule has 268 valence electrons. The van der Waals surface area contributed by atoms with Gasteiger partial charge in [0.2, 0.25) is 12.6 Å². The molecule has 0 amide bonds. The Balaban J connectivity index is 1.45. The van der Waals surface area contributed by atoms with E-state index in [1.165, 1.54) is 24.3 Å². The Morgan fingerprint density at radius 1 is 0.854 bits per heavy atom. The van der Waals surface area contributed by atoms with E-state index >= 15 is 0 Å². The number of esters is 2. The van der Waals surface area contributed by atoms with E-state index in [2.05, 4.69) is 6.58 Å². The molecule has 0 aromatic heterocycles. The monoisotopic (exact) mass is 688 g/mol. The third-order valence-electron chi connectivity index (χ3n) is 8.29. The van der Waals surface area contributed by atoms with Crippen molar-refractivity contribution >= 4 is 11.9 Å². The number of carbonyl (C=O) groups excluding carboxylic acids is 2. The van der Waals surface area contributed by atoms with Crippen LogP contribution in [0.3, 0.4) is 0 Å². The van der Waals surface area contributed by atoms with Gasteiger partial charge in [-0.1, -0.05) is 12.1 Å². The molecule has 9 N–H and O–H groups in total. The van der Waals surface area contributed by atoms with Crippen LogP contribution in [0.25, 0.3) is 0 Å². The molecule has 3 aliphatic heterocycles. The lowest BCUT2D eigenvalue weighted by molar-refractivity contribution is -0.339. The second kappa shape index (κ2) is 16.3. The highest BCUT2D eigenvalue weighted by Gasteiger charge is 2.48. The summed E-state index contributed by atoms with van der Waals surface area (Å²) in [4.78, 5) is 25.6. The van der Waals surface area contributed by atoms with Crippen molar-refractivity contribution in [3.05, 3.63) is 48.3 Å². The number of benzene rings is 1. The van der Waals surface area contributed by atoms with Crippen molar-refractivity contribution in [1.82, 2.24) is 0 Å². The lowest BCUT2D eigenvalue weighted by Crippen LogP contribution is -2.60. The van der Waals surface area contributed by atoms with Crippen molar-refractivity contribution in [2.75, 3.05) is 26.9 Å². The predicted octanol–water partition coefficient (Wildman–Crippen LogP) is -3.23. The maximum absolute atomic E-state index is 13.0. The molecule has 18 heteroatoms. The number of hydrogen-bond acceptors (Lipinski definition) is 18. The van der Waals surface area contributed by atoms with E-state index in [9.17, 15) is 55.5 Å². The fraction of sp³-hybridized carbons (Fsp3) is 0.600. The van der Waals surface area contributed by atoms with Crippen LogP contribution in [-0.4, -0.2) is 153 Å². The fourth-order valence-corrected chi connectivity index (χ4v) is 5.52. The minimum atomic E-state index is -1.78. The third kappa shape index (κ3) is 7.74. The molecule has 13 unspecified atom stereocenters. The molecule has 0 bridgehead atoms. The molecule has 2 saturated heterocycles. The van der Waals surface area contributed by atoms with Crippen LogP contribution in [0.2, 0.25) is 0 Å². The van der Waals surface area contributed by atoms with E-state index < -0.39 is 110 Å². The van der Waals surface area contributed by atoms with Crippen LogP contribution in [0.15, 0.2) is 42.7 Å². The molecule has 48 heavy (non-hydrogen) atoms. The number of para-hydroxylation sites is 1. The Morgan fingerprint density at radius 3 is 2.04 bits per heavy atom. The van der Waals surface area contributed by atoms with Crippen LogP contribution in [0, 0.1) is 11.8 Å². The van der Waals surface area contributed by atoms with Gasteiger partial charge in [0.1, 0.15) is 54.4 Å². The molecule has 18 nitrogen and oxygen atoms in total. The number of rotatable bonds is 12. The van der Waals surface area contributed by atoms with Gasteiger partial charge < -0.3 is 79.1 Å². The number of phenolic OH excluding ortho intramolecular Hbond substituents is 1. The zero-order chi connectivity index (χ0) is 35.3. The quantitative estimate of drug-likeness (QED) is 0.0771. The molecule has 0 spiro atoms. The lowest BCUT2D eigenvalue weighted by atomic mass is 9.82. The summed E-state index contributed by atoms with van der Waals surface area (Å²) in [6, 6.07) is 3.76. The number of methoxy groups -OCH3 is 1. The maximum atomic E-state index is 13.0. The van der Waals surface area contributed by atoms with Gasteiger partial charge in [0, 0.05) is 11.8 Å². The maximum Gasteiger partial charge on any atom is 0.342 e. The van der Waals surface area contributed by atoms with Gasteiger partial charge in [-0.15, -0.1) is 6.58 Å². The van der Waals surface area contributed by atoms with Crippen LogP contribution in [0.5, 0.6) is 11.5 Å². The third-order valence-corrected chi connectivity index (χ3v) is 8.29. The average molecular weight is 689 g/mol. The van der Waals surface area contributed by atoms with Gasteiger partial charge in [-0.25, -0.2) is 9.59 Å². The molecular formula is C30H40O18. The number of ether oxygens (including phenoxy) is 7. The van der Waals surface area contributed by atoms with Crippen molar-refractivity contribution in [2.45, 2.75) is 74.1 Å². The van der Waals surface area contributed by atoms with E-state index in [4.69, 9.17) is 33.2 Å². The summed E-state index contributed by atoms with van der Waals surface area (Å²) in [5.74, 6) is -4.54. The summed E-state index contributed by atoms with van der Waals surface area (Å²) in [7, 11) is 1.14. The molecule has 13 atom stereocenters. The van der Waals surface area contributed by atoms with Gasteiger partial charge in [-0.05, 0) is 18.6 Å². The Morgan fingerprint density at radius 2 is 1.46 bits per heavy atom. The number of phenols is 1. The van der Waals surface area contributed by atoms with Crippen molar-refractivity contribution in [2.24, 2.45) is 11.8 Å². The first kappa shape index (κ1) is 37.4. The van der Waals surface area contributed by atoms with Crippen molar-refractivity contribution in [1.29, 1.82) is 0 Å². The fourth-order valence-electron chi connectivity index (χ4n) is 5.52. The highest BCUT2D eigenvalue weighted by atomic mass is 16.8. The van der Waals surface area contributed by atoms with Crippen LogP contribution < -0.4 is 4.74 Å². The number of aliphatic hydroxyl groups is 8. The smallest absolute Gasteiger partial charge is 0.342 e. The Kier molecular flexibility index (Phi) is 12.7. The molecule has 3 heterocycles. The summed E-state index contributed by atoms with van der Waals surface area (Å²) in [6.07, 6.45) is -14.9. The van der Waals surface area contributed by atoms with Crippen LogP contribution in [0.4, 0.5) is 0 Å². The lowest BCUT2D eigenvalue weighted by Gasteiger charge is -2.43. The second-order valence-electron chi connectivity index (χ2n) is 11.2. The Hall–Kier alpha value is -3.40. The molecule has 0 aliphatic carbocycles. The van der Waals surface area contributed by atoms with Crippen molar-refractivity contribution in [3.63, 3.8) is 0 Å². The van der Waals surface area contributed by atoms with Crippen LogP contribution in [0.1, 0.15) is 16.8 Å². The van der Waals surface area contributed by atoms with Crippen LogP contribution >= 0.6 is 0 Å². The van der Waals surface area contributed by atoms with Gasteiger partial charge in [0.15, 0.2) is 17.8 Å². The zero-order valence-corrected chi connectivity index (χ0v) is 25.6. The predicted molar refractivity (Wildman–Crippen MR) is 154 cm³/mol. The van der Waals surface area contributed by atoms with E-state index in [0.717, 1.165) is 13.4 Å². The number of aromatic hydroxyl groups is 1. The average Bonchev–Trinajstić information content (AvgIpc) is 3.09. The highest BCUT2D eigenvalue weighted by molar-refractivity contribution is 5.93. The topological polar surface area (TPSA) is 281 Å². The number of carbonyl (C=O) groups is 2. The number of hydrogen-bond donors (Lipinski definition) is 9. The first-order valence-electron chi connectivity index (χ1n) is 14.9. The van der Waals surface area contributed by atoms with E-state index in [1.807, 2.05) is 0 Å². The first-order chi connectivity index (χ1) is 22.9. The molecular weight excluding hydrogens is 648 g/mol. The molecule has 2 fully saturated rings. The van der Waals surface area contributed by atoms with Crippen molar-refractivity contribution < 1.29 is 88.7 Å². The Bertz CT molecular complexity index is 1300. The van der Waals surface area contributed by atoms with E-state index in [1.54, 1.807) is 0 Å². The highest BCUT2D eigenvalue weighted by Crippen LogP contribution is 2.38. The molecule has 1 aromatic carbocycles. The van der Waals surface area contributed by atoms with Gasteiger partial charge >= 0.3 is 11.9 Å². The van der Waals surface area contributed by atoms with Gasteiger partial charge in [0.25, 0.3) is 0 Å². The molecule has 0 saturated carbocycles. The first-order valence-corrected chi connectivity index (χ1v) is 14.9.